The van der Waals surface area contributed by atoms with Crippen LogP contribution in [0.5, 0.6) is 0 Å². The third-order valence-electron chi connectivity index (χ3n) is 1.99. The lowest BCUT2D eigenvalue weighted by Crippen LogP contribution is -1.95. The van der Waals surface area contributed by atoms with Gasteiger partial charge in [0.2, 0.25) is 0 Å². The molecule has 1 aromatic heterocycles. The van der Waals surface area contributed by atoms with Crippen LogP contribution in [0, 0.1) is 16.3 Å². The molecule has 0 saturated carbocycles. The monoisotopic (exact) mass is 302 g/mol. The Balaban J connectivity index is 2.79. The molecule has 0 aliphatic rings. The number of nitrogens with zero attached hydrogens (tertiary/aromatic N) is 1. The molecule has 0 radical (unpaired) electrons. The zero-order valence-electron chi connectivity index (χ0n) is 7.80. The van der Waals surface area contributed by atoms with Gasteiger partial charge in [0.1, 0.15) is 22.0 Å². The van der Waals surface area contributed by atoms with Gasteiger partial charge in [-0.15, -0.1) is 0 Å². The number of nitrogens with one attached hydrogen (secondary N) is 1. The molecule has 1 aromatic carbocycles. The van der Waals surface area contributed by atoms with Crippen molar-refractivity contribution in [3.63, 3.8) is 0 Å². The van der Waals surface area contributed by atoms with Gasteiger partial charge in [0.05, 0.1) is 10.0 Å². The molecule has 1 N–H and O–H groups in total. The average molecular weight is 303 g/mol. The summed E-state index contributed by atoms with van der Waals surface area (Å²) < 4.78 is 27.6. The Morgan fingerprint density at radius 3 is 2.75 bits per heavy atom. The SMILES string of the molecule is Fc1ccc(Br)c(F)c1-c1ncc[nH]c1=S. The summed E-state index contributed by atoms with van der Waals surface area (Å²) in [6.07, 6.45) is 2.89. The van der Waals surface area contributed by atoms with Crippen LogP contribution in [-0.2, 0) is 0 Å². The van der Waals surface area contributed by atoms with Crippen LogP contribution in [0.2, 0.25) is 0 Å². The van der Waals surface area contributed by atoms with Crippen LogP contribution < -0.4 is 0 Å². The average Bonchev–Trinajstić information content (AvgIpc) is 2.27. The van der Waals surface area contributed by atoms with E-state index in [0.29, 0.717) is 0 Å². The molecular weight excluding hydrogens is 298 g/mol. The molecular formula is C10H5BrF2N2S. The van der Waals surface area contributed by atoms with Gasteiger partial charge in [0.15, 0.2) is 0 Å². The molecule has 16 heavy (non-hydrogen) atoms. The van der Waals surface area contributed by atoms with Gasteiger partial charge in [-0.1, -0.05) is 12.2 Å². The van der Waals surface area contributed by atoms with E-state index >= 15 is 0 Å². The minimum atomic E-state index is -0.710. The predicted molar refractivity (Wildman–Crippen MR) is 62.5 cm³/mol. The summed E-state index contributed by atoms with van der Waals surface area (Å²) in [6.45, 7) is 0. The highest BCUT2D eigenvalue weighted by Gasteiger charge is 2.16. The second-order valence-corrected chi connectivity index (χ2v) is 4.25. The third-order valence-corrected chi connectivity index (χ3v) is 2.91. The van der Waals surface area contributed by atoms with Crippen molar-refractivity contribution in [1.82, 2.24) is 9.97 Å². The Morgan fingerprint density at radius 2 is 2.06 bits per heavy atom. The van der Waals surface area contributed by atoms with Gasteiger partial charge in [-0.2, -0.15) is 0 Å². The minimum Gasteiger partial charge on any atom is -0.350 e. The summed E-state index contributed by atoms with van der Waals surface area (Å²) in [5, 5.41) is 0. The van der Waals surface area contributed by atoms with Crippen LogP contribution in [0.1, 0.15) is 0 Å². The molecule has 6 heteroatoms. The van der Waals surface area contributed by atoms with Crippen molar-refractivity contribution in [1.29, 1.82) is 0 Å². The molecule has 0 atom stereocenters. The molecule has 0 bridgehead atoms. The van der Waals surface area contributed by atoms with E-state index in [1.165, 1.54) is 18.5 Å². The quantitative estimate of drug-likeness (QED) is 0.640. The number of halogens is 3. The maximum absolute atomic E-state index is 13.7. The molecule has 0 amide bonds. The second kappa shape index (κ2) is 4.39. The molecule has 0 unspecified atom stereocenters. The number of hydrogen-bond acceptors (Lipinski definition) is 2. The van der Waals surface area contributed by atoms with Crippen LogP contribution in [0.15, 0.2) is 29.0 Å². The van der Waals surface area contributed by atoms with Crippen LogP contribution in [0.25, 0.3) is 11.3 Å². The van der Waals surface area contributed by atoms with Crippen LogP contribution in [0.3, 0.4) is 0 Å². The van der Waals surface area contributed by atoms with E-state index < -0.39 is 11.6 Å². The lowest BCUT2D eigenvalue weighted by molar-refractivity contribution is 0.584. The molecule has 0 spiro atoms. The van der Waals surface area contributed by atoms with Crippen LogP contribution in [0.4, 0.5) is 8.78 Å². The molecule has 0 aliphatic carbocycles. The zero-order valence-corrected chi connectivity index (χ0v) is 10.2. The van der Waals surface area contributed by atoms with Crippen LogP contribution in [-0.4, -0.2) is 9.97 Å². The van der Waals surface area contributed by atoms with Crippen molar-refractivity contribution in [3.8, 4) is 11.3 Å². The fraction of sp³-hybridized carbons (Fsp3) is 0. The standard InChI is InChI=1S/C10H5BrF2N2S/c11-5-1-2-6(12)7(8(5)13)9-10(16)15-4-3-14-9/h1-4H,(H,15,16). The van der Waals surface area contributed by atoms with Crippen molar-refractivity contribution in [2.75, 3.05) is 0 Å². The fourth-order valence-corrected chi connectivity index (χ4v) is 1.83. The Bertz CT molecular complexity index is 598. The van der Waals surface area contributed by atoms with Crippen molar-refractivity contribution in [2.24, 2.45) is 0 Å². The summed E-state index contributed by atoms with van der Waals surface area (Å²) in [5.41, 5.74) is -0.134. The fourth-order valence-electron chi connectivity index (χ4n) is 1.27. The van der Waals surface area contributed by atoms with E-state index in [2.05, 4.69) is 25.9 Å². The molecule has 82 valence electrons. The first-order chi connectivity index (χ1) is 7.61. The lowest BCUT2D eigenvalue weighted by atomic mass is 10.1. The topological polar surface area (TPSA) is 28.7 Å². The molecule has 2 nitrogen and oxygen atoms in total. The highest BCUT2D eigenvalue weighted by atomic mass is 79.9. The maximum Gasteiger partial charge on any atom is 0.149 e. The number of H-pyrrole nitrogens is 1. The Labute approximate surface area is 103 Å². The molecule has 2 rings (SSSR count). The highest BCUT2D eigenvalue weighted by Crippen LogP contribution is 2.29. The third kappa shape index (κ3) is 1.90. The van der Waals surface area contributed by atoms with E-state index in [0.717, 1.165) is 6.07 Å². The minimum absolute atomic E-state index is 0.0915. The Kier molecular flexibility index (Phi) is 3.11. The van der Waals surface area contributed by atoms with Gasteiger partial charge in [0.25, 0.3) is 0 Å². The van der Waals surface area contributed by atoms with E-state index in [4.69, 9.17) is 12.2 Å². The molecule has 0 fully saturated rings. The van der Waals surface area contributed by atoms with E-state index in [-0.39, 0.29) is 20.4 Å². The smallest absolute Gasteiger partial charge is 0.149 e. The summed E-state index contributed by atoms with van der Waals surface area (Å²) >= 11 is 7.92. The summed E-state index contributed by atoms with van der Waals surface area (Å²) in [7, 11) is 0. The van der Waals surface area contributed by atoms with Gasteiger partial charge < -0.3 is 4.98 Å². The number of aromatic nitrogens is 2. The van der Waals surface area contributed by atoms with Crippen molar-refractivity contribution in [2.45, 2.75) is 0 Å². The van der Waals surface area contributed by atoms with E-state index in [1.54, 1.807) is 0 Å². The van der Waals surface area contributed by atoms with Gasteiger partial charge in [-0.05, 0) is 28.1 Å². The molecule has 0 aliphatic heterocycles. The summed E-state index contributed by atoms with van der Waals surface area (Å²) in [6, 6.07) is 2.45. The largest absolute Gasteiger partial charge is 0.350 e. The van der Waals surface area contributed by atoms with E-state index in [9.17, 15) is 8.78 Å². The maximum atomic E-state index is 13.7. The number of rotatable bonds is 1. The first kappa shape index (κ1) is 11.3. The van der Waals surface area contributed by atoms with Crippen molar-refractivity contribution < 1.29 is 8.78 Å². The van der Waals surface area contributed by atoms with Gasteiger partial charge >= 0.3 is 0 Å². The van der Waals surface area contributed by atoms with Crippen molar-refractivity contribution in [3.05, 3.63) is 45.3 Å². The number of aromatic amines is 1. The molecule has 2 aromatic rings. The van der Waals surface area contributed by atoms with Crippen LogP contribution >= 0.6 is 28.1 Å². The summed E-state index contributed by atoms with van der Waals surface area (Å²) in [4.78, 5) is 6.55. The second-order valence-electron chi connectivity index (χ2n) is 2.99. The zero-order chi connectivity index (χ0) is 11.7. The molecule has 1 heterocycles. The number of hydrogen-bond donors (Lipinski definition) is 1. The normalized spacial score (nSPS) is 10.4. The van der Waals surface area contributed by atoms with Crippen molar-refractivity contribution >= 4 is 28.1 Å². The first-order valence-corrected chi connectivity index (χ1v) is 5.49. The van der Waals surface area contributed by atoms with Gasteiger partial charge in [-0.25, -0.2) is 8.78 Å². The first-order valence-electron chi connectivity index (χ1n) is 4.29. The van der Waals surface area contributed by atoms with Gasteiger partial charge in [-0.3, -0.25) is 4.98 Å². The Morgan fingerprint density at radius 1 is 1.31 bits per heavy atom. The lowest BCUT2D eigenvalue weighted by Gasteiger charge is -2.05. The predicted octanol–water partition coefficient (Wildman–Crippen LogP) is 3.85. The van der Waals surface area contributed by atoms with Gasteiger partial charge in [0, 0.05) is 12.4 Å². The Hall–Kier alpha value is -1.14. The molecule has 0 saturated heterocycles. The summed E-state index contributed by atoms with van der Waals surface area (Å²) in [5.74, 6) is -1.41. The number of benzene rings is 1. The highest BCUT2D eigenvalue weighted by molar-refractivity contribution is 9.10. The van der Waals surface area contributed by atoms with E-state index in [1.807, 2.05) is 0 Å².